The minimum absolute atomic E-state index is 0. The quantitative estimate of drug-likeness (QED) is 0.553. The molecule has 0 bridgehead atoms. The summed E-state index contributed by atoms with van der Waals surface area (Å²) >= 11 is 1.52. The van der Waals surface area contributed by atoms with Crippen LogP contribution in [-0.4, -0.2) is 60.8 Å². The molecule has 3 N–H and O–H groups in total. The van der Waals surface area contributed by atoms with Gasteiger partial charge in [-0.1, -0.05) is 34.8 Å². The molecule has 1 aliphatic heterocycles. The number of amides is 2. The van der Waals surface area contributed by atoms with Gasteiger partial charge in [-0.25, -0.2) is 4.98 Å². The summed E-state index contributed by atoms with van der Waals surface area (Å²) in [7, 11) is 1.62. The van der Waals surface area contributed by atoms with Gasteiger partial charge >= 0.3 is 0 Å². The number of ether oxygens (including phenoxy) is 1. The van der Waals surface area contributed by atoms with Crippen LogP contribution in [0, 0.1) is 11.8 Å². The Kier molecular flexibility index (Phi) is 12.4. The molecule has 2 unspecified atom stereocenters. The maximum Gasteiger partial charge on any atom is 0.234 e. The van der Waals surface area contributed by atoms with Crippen LogP contribution in [0.4, 0.5) is 5.13 Å². The van der Waals surface area contributed by atoms with Gasteiger partial charge < -0.3 is 20.7 Å². The van der Waals surface area contributed by atoms with Crippen molar-refractivity contribution in [2.24, 2.45) is 11.8 Å². The zero-order valence-corrected chi connectivity index (χ0v) is 20.0. The van der Waals surface area contributed by atoms with Gasteiger partial charge in [-0.15, -0.1) is 11.3 Å². The molecule has 10 heteroatoms. The number of carbonyl (C=O) groups excluding carboxylic acids is 3. The Balaban J connectivity index is 0.00000306. The number of anilines is 1. The molecular formula is C25H39N5O4S. The predicted molar refractivity (Wildman–Crippen MR) is 141 cm³/mol. The van der Waals surface area contributed by atoms with Crippen molar-refractivity contribution < 1.29 is 19.1 Å². The number of ketones is 1. The summed E-state index contributed by atoms with van der Waals surface area (Å²) < 4.78 is 5.49. The minimum Gasteiger partial charge on any atom is -0.496 e. The second kappa shape index (κ2) is 14.4. The molecule has 3 rings (SSSR count). The van der Waals surface area contributed by atoms with Crippen LogP contribution in [0.5, 0.6) is 5.75 Å². The summed E-state index contributed by atoms with van der Waals surface area (Å²) in [4.78, 5) is 43.4. The first-order valence-corrected chi connectivity index (χ1v) is 11.8. The van der Waals surface area contributed by atoms with Crippen molar-refractivity contribution in [3.05, 3.63) is 40.9 Å². The fraction of sp³-hybridized carbons (Fsp3) is 0.520. The average Bonchev–Trinajstić information content (AvgIpc) is 3.32. The van der Waals surface area contributed by atoms with E-state index >= 15 is 0 Å². The Labute approximate surface area is 212 Å². The monoisotopic (exact) mass is 505 g/mol. The van der Waals surface area contributed by atoms with E-state index in [4.69, 9.17) is 4.74 Å². The number of carbonyl (C=O) groups is 3. The number of hydrogen-bond donors (Lipinski definition) is 3. The van der Waals surface area contributed by atoms with E-state index in [1.54, 1.807) is 32.1 Å². The number of aromatic nitrogens is 1. The molecule has 2 aromatic rings. The first-order valence-electron chi connectivity index (χ1n) is 10.9. The fourth-order valence-electron chi connectivity index (χ4n) is 3.71. The van der Waals surface area contributed by atoms with Crippen molar-refractivity contribution in [1.29, 1.82) is 0 Å². The average molecular weight is 506 g/mol. The molecule has 2 amide bonds. The third-order valence-electron chi connectivity index (χ3n) is 5.53. The minimum atomic E-state index is -0.303. The molecule has 1 aromatic carbocycles. The van der Waals surface area contributed by atoms with E-state index in [-0.39, 0.29) is 57.4 Å². The lowest BCUT2D eigenvalue weighted by Gasteiger charge is -2.25. The van der Waals surface area contributed by atoms with Crippen LogP contribution in [0.25, 0.3) is 0 Å². The number of rotatable bonds is 6. The molecule has 1 saturated heterocycles. The van der Waals surface area contributed by atoms with E-state index in [9.17, 15) is 14.4 Å². The van der Waals surface area contributed by atoms with Crippen molar-refractivity contribution in [3.63, 3.8) is 0 Å². The van der Waals surface area contributed by atoms with Crippen LogP contribution in [-0.2, 0) is 27.5 Å². The van der Waals surface area contributed by atoms with Gasteiger partial charge in [0.25, 0.3) is 0 Å². The molecule has 0 aliphatic carbocycles. The largest absolute Gasteiger partial charge is 0.496 e. The first-order chi connectivity index (χ1) is 15.9. The van der Waals surface area contributed by atoms with E-state index < -0.39 is 0 Å². The van der Waals surface area contributed by atoms with Crippen LogP contribution in [0.3, 0.4) is 0 Å². The second-order valence-electron chi connectivity index (χ2n) is 8.29. The molecular weight excluding hydrogens is 466 g/mol. The molecule has 2 atom stereocenters. The number of nitrogens with one attached hydrogen (secondary N) is 3. The molecule has 1 fully saturated rings. The highest BCUT2D eigenvalue weighted by atomic mass is 32.1. The standard InChI is InChI=1S/C23H31N5O4S.2CH4/c1-15-9-25-20(29)13-28(14-21(30)26-10-16(2)22(15)31)12-17-4-5-19(32-3)18(8-17)11-27-23-24-6-7-33-23;;/h4-8,15-16H,9-14H2,1-3H3,(H,24,27)(H,25,29)(H,26,30);2*1H4. The van der Waals surface area contributed by atoms with Crippen LogP contribution < -0.4 is 20.7 Å². The Hall–Kier alpha value is -2.98. The summed E-state index contributed by atoms with van der Waals surface area (Å²) in [6.45, 7) is 5.24. The van der Waals surface area contributed by atoms with E-state index in [0.717, 1.165) is 22.0 Å². The van der Waals surface area contributed by atoms with Crippen LogP contribution in [0.2, 0.25) is 0 Å². The van der Waals surface area contributed by atoms with Gasteiger partial charge in [0.05, 0.1) is 20.2 Å². The zero-order chi connectivity index (χ0) is 23.8. The van der Waals surface area contributed by atoms with Crippen LogP contribution in [0.15, 0.2) is 29.8 Å². The van der Waals surface area contributed by atoms with Gasteiger partial charge in [0.1, 0.15) is 11.5 Å². The van der Waals surface area contributed by atoms with Crippen molar-refractivity contribution in [3.8, 4) is 5.75 Å². The van der Waals surface area contributed by atoms with Gasteiger partial charge in [0, 0.05) is 55.2 Å². The van der Waals surface area contributed by atoms with E-state index in [1.165, 1.54) is 11.3 Å². The predicted octanol–water partition coefficient (Wildman–Crippen LogP) is 2.93. The Morgan fingerprint density at radius 3 is 2.26 bits per heavy atom. The number of methoxy groups -OCH3 is 1. The third kappa shape index (κ3) is 8.95. The number of thiazole rings is 1. The van der Waals surface area contributed by atoms with Gasteiger partial charge in [-0.3, -0.25) is 19.3 Å². The van der Waals surface area contributed by atoms with Gasteiger partial charge in [0.2, 0.25) is 11.8 Å². The van der Waals surface area contributed by atoms with Crippen molar-refractivity contribution in [2.45, 2.75) is 41.8 Å². The molecule has 9 nitrogen and oxygen atoms in total. The van der Waals surface area contributed by atoms with Crippen molar-refractivity contribution in [1.82, 2.24) is 20.5 Å². The van der Waals surface area contributed by atoms with E-state index in [1.807, 2.05) is 23.6 Å². The van der Waals surface area contributed by atoms with Gasteiger partial charge in [-0.2, -0.15) is 0 Å². The lowest BCUT2D eigenvalue weighted by atomic mass is 9.95. The highest BCUT2D eigenvalue weighted by molar-refractivity contribution is 7.13. The maximum atomic E-state index is 12.5. The molecule has 0 radical (unpaired) electrons. The highest BCUT2D eigenvalue weighted by Gasteiger charge is 2.24. The third-order valence-corrected chi connectivity index (χ3v) is 6.26. The maximum absolute atomic E-state index is 12.5. The van der Waals surface area contributed by atoms with Gasteiger partial charge in [-0.05, 0) is 17.7 Å². The number of nitrogens with zero attached hydrogens (tertiary/aromatic N) is 2. The second-order valence-corrected chi connectivity index (χ2v) is 9.19. The van der Waals surface area contributed by atoms with Crippen molar-refractivity contribution >= 4 is 34.1 Å². The fourth-order valence-corrected chi connectivity index (χ4v) is 4.24. The van der Waals surface area contributed by atoms with Gasteiger partial charge in [0.15, 0.2) is 5.13 Å². The molecule has 2 heterocycles. The molecule has 1 aromatic heterocycles. The smallest absolute Gasteiger partial charge is 0.234 e. The SMILES string of the molecule is C.C.COc1ccc(CN2CC(=O)NCC(C)C(=O)C(C)CNC(=O)C2)cc1CNc1nccs1. The Morgan fingerprint density at radius 1 is 1.09 bits per heavy atom. The molecule has 0 saturated carbocycles. The van der Waals surface area contributed by atoms with Crippen LogP contribution in [0.1, 0.15) is 39.8 Å². The van der Waals surface area contributed by atoms with Crippen LogP contribution >= 0.6 is 11.3 Å². The Morgan fingerprint density at radius 2 is 1.71 bits per heavy atom. The highest BCUT2D eigenvalue weighted by Crippen LogP contribution is 2.23. The van der Waals surface area contributed by atoms with E-state index in [0.29, 0.717) is 26.2 Å². The lowest BCUT2D eigenvalue weighted by Crippen LogP contribution is -2.46. The number of benzene rings is 1. The summed E-state index contributed by atoms with van der Waals surface area (Å²) in [5.74, 6) is -0.249. The number of Topliss-reactive ketones (excluding diaryl/α,β-unsaturated/α-hetero) is 1. The molecule has 1 aliphatic rings. The van der Waals surface area contributed by atoms with E-state index in [2.05, 4.69) is 20.9 Å². The summed E-state index contributed by atoms with van der Waals surface area (Å²) in [6.07, 6.45) is 1.74. The zero-order valence-electron chi connectivity index (χ0n) is 19.2. The lowest BCUT2D eigenvalue weighted by molar-refractivity contribution is -0.128. The first kappa shape index (κ1) is 30.1. The topological polar surface area (TPSA) is 113 Å². The van der Waals surface area contributed by atoms with Crippen molar-refractivity contribution in [2.75, 3.05) is 38.6 Å². The molecule has 194 valence electrons. The summed E-state index contributed by atoms with van der Waals surface area (Å²) in [5, 5.41) is 11.7. The molecule has 35 heavy (non-hydrogen) atoms. The summed E-state index contributed by atoms with van der Waals surface area (Å²) in [5.41, 5.74) is 1.91. The number of hydrogen-bond acceptors (Lipinski definition) is 8. The molecule has 0 spiro atoms. The summed E-state index contributed by atoms with van der Waals surface area (Å²) in [6, 6.07) is 5.83. The Bertz CT molecular complexity index is 937. The normalized spacial score (nSPS) is 19.7.